The summed E-state index contributed by atoms with van der Waals surface area (Å²) in [5.41, 5.74) is 11.2. The monoisotopic (exact) mass is 1170 g/mol. The molecule has 0 atom stereocenters. The van der Waals surface area contributed by atoms with Crippen LogP contribution in [0.15, 0.2) is 231 Å². The first-order chi connectivity index (χ1) is 44.6. The van der Waals surface area contributed by atoms with E-state index in [9.17, 15) is 10.5 Å². The van der Waals surface area contributed by atoms with E-state index < -0.39 is 13.7 Å². The first-order valence-electron chi connectivity index (χ1n) is 32.0. The quantitative estimate of drug-likeness (QED) is 0.0387. The van der Waals surface area contributed by atoms with Crippen molar-refractivity contribution in [1.29, 1.82) is 10.5 Å². The minimum absolute atomic E-state index is 0.295. The Kier molecular flexibility index (Phi) is 19.4. The van der Waals surface area contributed by atoms with E-state index in [1.165, 1.54) is 51.4 Å². The molecule has 0 unspecified atom stereocenters. The average Bonchev–Trinajstić information content (AvgIpc) is 1.52. The lowest BCUT2D eigenvalue weighted by molar-refractivity contribution is 0.304. The molecule has 0 saturated heterocycles. The van der Waals surface area contributed by atoms with Crippen LogP contribution in [0.1, 0.15) is 102 Å². The van der Waals surface area contributed by atoms with Crippen molar-refractivity contribution in [2.75, 3.05) is 13.2 Å². The van der Waals surface area contributed by atoms with Crippen LogP contribution in [-0.2, 0) is 0 Å². The van der Waals surface area contributed by atoms with Crippen molar-refractivity contribution in [3.63, 3.8) is 0 Å². The highest BCUT2D eigenvalue weighted by atomic mass is 16.5. The zero-order valence-corrected chi connectivity index (χ0v) is 51.4. The largest absolute Gasteiger partial charge is 0.494 e. The van der Waals surface area contributed by atoms with Crippen LogP contribution in [0.5, 0.6) is 11.5 Å². The van der Waals surface area contributed by atoms with Gasteiger partial charge in [0, 0.05) is 22.2 Å². The minimum atomic E-state index is -0.567. The lowest BCUT2D eigenvalue weighted by Gasteiger charge is -2.24. The molecule has 10 nitrogen and oxygen atoms in total. The van der Waals surface area contributed by atoms with Crippen LogP contribution in [0.4, 0.5) is 0 Å². The Labute approximate surface area is 528 Å². The number of fused-ring (bicyclic) bond motifs is 3. The lowest BCUT2D eigenvalue weighted by Crippen LogP contribution is -2.54. The van der Waals surface area contributed by atoms with Gasteiger partial charge in [-0.25, -0.2) is 9.97 Å². The second kappa shape index (κ2) is 29.1. The summed E-state index contributed by atoms with van der Waals surface area (Å²) in [6, 6.07) is 79.8. The number of para-hydroxylation sites is 4. The number of hydrogen-bond acceptors (Lipinski definition) is 8. The Morgan fingerprint density at radius 3 is 1.02 bits per heavy atom. The summed E-state index contributed by atoms with van der Waals surface area (Å²) in [6.07, 6.45) is 17.3. The molecule has 0 N–H and O–H groups in total. The van der Waals surface area contributed by atoms with E-state index in [1.54, 1.807) is 12.4 Å². The van der Waals surface area contributed by atoms with Crippen molar-refractivity contribution in [3.8, 4) is 46.2 Å². The predicted molar refractivity (Wildman–Crippen MR) is 370 cm³/mol. The number of ether oxygens (including phenoxy) is 2. The predicted octanol–water partition coefficient (Wildman–Crippen LogP) is 13.9. The fourth-order valence-corrected chi connectivity index (χ4v) is 12.7. The van der Waals surface area contributed by atoms with Gasteiger partial charge in [-0.3, -0.25) is 9.97 Å². The summed E-state index contributed by atoms with van der Waals surface area (Å²) in [4.78, 5) is 20.7. The molecule has 12 heteroatoms. The lowest BCUT2D eigenvalue weighted by atomic mass is 9.50. The Morgan fingerprint density at radius 2 is 0.689 bits per heavy atom. The summed E-state index contributed by atoms with van der Waals surface area (Å²) in [6.45, 7) is 4.55. The van der Waals surface area contributed by atoms with Crippen molar-refractivity contribution in [2.45, 2.75) is 90.9 Å². The van der Waals surface area contributed by atoms with E-state index in [-0.39, 0.29) is 0 Å². The Balaban J connectivity index is 1.29. The second-order valence-electron chi connectivity index (χ2n) is 23.1. The molecule has 0 radical (unpaired) electrons. The highest BCUT2D eigenvalue weighted by Crippen LogP contribution is 2.38. The van der Waals surface area contributed by atoms with Gasteiger partial charge in [0.2, 0.25) is 0 Å². The molecule has 12 aromatic rings. The molecular formula is C78H72B2N8O2. The molecule has 0 aliphatic heterocycles. The van der Waals surface area contributed by atoms with Gasteiger partial charge in [-0.05, 0) is 96.8 Å². The molecule has 90 heavy (non-hydrogen) atoms. The van der Waals surface area contributed by atoms with Crippen LogP contribution in [0.25, 0.3) is 66.5 Å². The Morgan fingerprint density at radius 1 is 0.378 bits per heavy atom. The number of nitriles is 2. The summed E-state index contributed by atoms with van der Waals surface area (Å²) in [5, 5.41) is 27.5. The number of nitrogens with zero attached hydrogens (tertiary/aromatic N) is 8. The van der Waals surface area contributed by atoms with E-state index in [0.29, 0.717) is 68.5 Å². The topological polar surface area (TPSA) is 127 Å². The molecule has 0 spiro atoms. The molecule has 4 heterocycles. The molecule has 0 aliphatic rings. The van der Waals surface area contributed by atoms with Gasteiger partial charge >= 0.3 is 13.7 Å². The summed E-state index contributed by atoms with van der Waals surface area (Å²) >= 11 is 0. The van der Waals surface area contributed by atoms with Crippen LogP contribution in [0, 0.1) is 22.7 Å². The molecule has 12 rings (SSSR count). The van der Waals surface area contributed by atoms with E-state index >= 15 is 0 Å². The molecule has 0 saturated carbocycles. The number of unbranched alkanes of at least 4 members (excludes halogenated alkanes) is 10. The maximum atomic E-state index is 12.4. The molecule has 0 bridgehead atoms. The molecule has 0 fully saturated rings. The molecule has 442 valence electrons. The van der Waals surface area contributed by atoms with Crippen molar-refractivity contribution >= 4 is 79.5 Å². The van der Waals surface area contributed by atoms with Crippen molar-refractivity contribution in [3.05, 3.63) is 253 Å². The fourth-order valence-electron chi connectivity index (χ4n) is 12.7. The third-order valence-corrected chi connectivity index (χ3v) is 17.0. The first-order valence-corrected chi connectivity index (χ1v) is 32.0. The third kappa shape index (κ3) is 13.0. The van der Waals surface area contributed by atoms with Crippen molar-refractivity contribution < 1.29 is 9.47 Å². The first kappa shape index (κ1) is 60.0. The number of aromatic nitrogens is 6. The standard InChI is InChI=1S/C78H72B2N8O2/c1-3-5-7-9-11-29-51-89-63-47-43-57(44-48-63)75-73-74(78(66(54-82)72-56-84-68-40-26-28-42-70(68)86-72)87(75)79(59-31-17-13-18-32-59)60-33-19-14-20-34-60)76(58-45-49-64(50-46-58)90-52-30-12-10-8-6-4-2)88(80(61-35-21-15-22-36-61)62-37-23-16-24-38-62)77(73)65(53-81)71-55-83-67-39-25-27-41-69(67)85-71/h13-28,31-50,55-56H,3-12,29-30,51-52H2,1-2H3/b77-65-,78-66-. The van der Waals surface area contributed by atoms with Crippen LogP contribution < -0.4 is 42.0 Å². The van der Waals surface area contributed by atoms with Gasteiger partial charge in [0.25, 0.3) is 0 Å². The zero-order valence-electron chi connectivity index (χ0n) is 51.4. The fraction of sp³-hybridized carbons (Fsp3) is 0.205. The van der Waals surface area contributed by atoms with E-state index in [1.807, 2.05) is 72.8 Å². The molecule has 4 aromatic heterocycles. The summed E-state index contributed by atoms with van der Waals surface area (Å²) in [5.74, 6) is 1.50. The third-order valence-electron chi connectivity index (χ3n) is 17.0. The van der Waals surface area contributed by atoms with Gasteiger partial charge in [0.05, 0.1) is 58.4 Å². The normalized spacial score (nSPS) is 12.0. The molecule has 8 aromatic carbocycles. The number of rotatable bonds is 26. The molecule has 0 amide bonds. The SMILES string of the molecule is CCCCCCCCOc1ccc(-c2c3/c(=C(\C#N)c4cnc5ccccc5n4)n(B(c4ccccc4)c4ccccc4)c(-c4ccc(OCCCCCCCC)cc4)c3/c(=C(\C#N)c3cnc4ccccc4n3)n2B(c2ccccc2)c2ccccc2)cc1. The van der Waals surface area contributed by atoms with Gasteiger partial charge in [-0.1, -0.05) is 245 Å². The van der Waals surface area contributed by atoms with E-state index in [4.69, 9.17) is 29.4 Å². The van der Waals surface area contributed by atoms with E-state index in [0.717, 1.165) is 92.3 Å². The molecular weight excluding hydrogens is 1100 g/mol. The summed E-state index contributed by atoms with van der Waals surface area (Å²) in [7, 11) is 0. The minimum Gasteiger partial charge on any atom is -0.494 e. The highest BCUT2D eigenvalue weighted by molar-refractivity contribution is 6.85. The van der Waals surface area contributed by atoms with Gasteiger partial charge < -0.3 is 18.4 Å². The molecule has 0 aliphatic carbocycles. The second-order valence-corrected chi connectivity index (χ2v) is 23.1. The average molecular weight is 1180 g/mol. The Bertz CT molecular complexity index is 4230. The summed E-state index contributed by atoms with van der Waals surface area (Å²) < 4.78 is 17.8. The van der Waals surface area contributed by atoms with Crippen LogP contribution in [-0.4, -0.2) is 55.8 Å². The van der Waals surface area contributed by atoms with Gasteiger partial charge in [0.1, 0.15) is 46.2 Å². The van der Waals surface area contributed by atoms with Crippen molar-refractivity contribution in [1.82, 2.24) is 28.9 Å². The van der Waals surface area contributed by atoms with Gasteiger partial charge in [0.15, 0.2) is 0 Å². The Hall–Kier alpha value is -10.3. The zero-order chi connectivity index (χ0) is 61.4. The van der Waals surface area contributed by atoms with Gasteiger partial charge in [-0.15, -0.1) is 0 Å². The smallest absolute Gasteiger partial charge is 0.328 e. The van der Waals surface area contributed by atoms with Crippen LogP contribution in [0.2, 0.25) is 0 Å². The van der Waals surface area contributed by atoms with Crippen molar-refractivity contribution in [2.24, 2.45) is 0 Å². The van der Waals surface area contributed by atoms with Gasteiger partial charge in [-0.2, -0.15) is 10.5 Å². The number of hydrogen-bond donors (Lipinski definition) is 0. The highest BCUT2D eigenvalue weighted by Gasteiger charge is 2.37. The van der Waals surface area contributed by atoms with Crippen LogP contribution in [0.3, 0.4) is 0 Å². The van der Waals surface area contributed by atoms with Crippen LogP contribution >= 0.6 is 0 Å². The maximum absolute atomic E-state index is 12.4. The number of benzene rings is 8. The maximum Gasteiger partial charge on any atom is 0.328 e. The van der Waals surface area contributed by atoms with E-state index in [2.05, 4.69) is 181 Å².